The molecular formula is C17H31N3O. The van der Waals surface area contributed by atoms with Crippen molar-refractivity contribution in [1.82, 2.24) is 15.2 Å². The Kier molecular flexibility index (Phi) is 7.86. The van der Waals surface area contributed by atoms with Gasteiger partial charge in [-0.25, -0.2) is 0 Å². The normalized spacial score (nSPS) is 14.6. The van der Waals surface area contributed by atoms with Crippen molar-refractivity contribution < 1.29 is 5.11 Å². The first-order valence-corrected chi connectivity index (χ1v) is 7.92. The maximum Gasteiger partial charge on any atom is 0.0610 e. The van der Waals surface area contributed by atoms with Gasteiger partial charge >= 0.3 is 0 Å². The van der Waals surface area contributed by atoms with E-state index in [1.165, 1.54) is 0 Å². The summed E-state index contributed by atoms with van der Waals surface area (Å²) < 4.78 is 0. The molecule has 0 spiro atoms. The van der Waals surface area contributed by atoms with Crippen LogP contribution in [0.4, 0.5) is 0 Å². The maximum absolute atomic E-state index is 9.57. The van der Waals surface area contributed by atoms with Crippen molar-refractivity contribution in [2.24, 2.45) is 0 Å². The van der Waals surface area contributed by atoms with Crippen LogP contribution in [-0.2, 0) is 6.42 Å². The third-order valence-electron chi connectivity index (χ3n) is 3.73. The van der Waals surface area contributed by atoms with Crippen LogP contribution in [0.5, 0.6) is 0 Å². The fourth-order valence-electron chi connectivity index (χ4n) is 2.60. The first-order valence-electron chi connectivity index (χ1n) is 7.92. The van der Waals surface area contributed by atoms with E-state index in [1.807, 2.05) is 18.3 Å². The van der Waals surface area contributed by atoms with E-state index in [0.29, 0.717) is 6.04 Å². The Morgan fingerprint density at radius 2 is 2.10 bits per heavy atom. The van der Waals surface area contributed by atoms with E-state index in [-0.39, 0.29) is 12.1 Å². The van der Waals surface area contributed by atoms with E-state index in [1.54, 1.807) is 0 Å². The molecule has 0 amide bonds. The highest BCUT2D eigenvalue weighted by Gasteiger charge is 2.23. The molecule has 1 heterocycles. The standard InChI is InChI=1S/C17H31N3O/c1-15(2)19-17(3,14-21)10-7-12-20(4)13-9-16-8-5-6-11-18-16/h5-6,8,11,15,19,21H,7,9-10,12-14H2,1-4H3. The number of pyridine rings is 1. The average molecular weight is 293 g/mol. The number of nitrogens with one attached hydrogen (secondary N) is 1. The van der Waals surface area contributed by atoms with Crippen molar-refractivity contribution in [3.63, 3.8) is 0 Å². The molecule has 0 aromatic carbocycles. The van der Waals surface area contributed by atoms with E-state index in [9.17, 15) is 5.11 Å². The van der Waals surface area contributed by atoms with Crippen molar-refractivity contribution in [3.8, 4) is 0 Å². The molecule has 1 rings (SSSR count). The van der Waals surface area contributed by atoms with Gasteiger partial charge in [0, 0.05) is 36.4 Å². The van der Waals surface area contributed by atoms with Gasteiger partial charge in [0.2, 0.25) is 0 Å². The summed E-state index contributed by atoms with van der Waals surface area (Å²) in [5, 5.41) is 13.0. The van der Waals surface area contributed by atoms with Crippen LogP contribution in [0.2, 0.25) is 0 Å². The average Bonchev–Trinajstić information content (AvgIpc) is 2.45. The molecule has 4 nitrogen and oxygen atoms in total. The Balaban J connectivity index is 2.24. The Hall–Kier alpha value is -0.970. The Morgan fingerprint density at radius 1 is 1.33 bits per heavy atom. The van der Waals surface area contributed by atoms with Gasteiger partial charge in [-0.3, -0.25) is 4.98 Å². The van der Waals surface area contributed by atoms with Gasteiger partial charge in [0.05, 0.1) is 6.61 Å². The summed E-state index contributed by atoms with van der Waals surface area (Å²) >= 11 is 0. The lowest BCUT2D eigenvalue weighted by Gasteiger charge is -2.32. The summed E-state index contributed by atoms with van der Waals surface area (Å²) in [4.78, 5) is 6.68. The van der Waals surface area contributed by atoms with Gasteiger partial charge in [0.1, 0.15) is 0 Å². The third kappa shape index (κ3) is 7.55. The third-order valence-corrected chi connectivity index (χ3v) is 3.73. The minimum atomic E-state index is -0.171. The van der Waals surface area contributed by atoms with Crippen molar-refractivity contribution in [2.75, 3.05) is 26.7 Å². The fourth-order valence-corrected chi connectivity index (χ4v) is 2.60. The van der Waals surface area contributed by atoms with E-state index in [0.717, 1.165) is 38.0 Å². The van der Waals surface area contributed by atoms with E-state index < -0.39 is 0 Å². The predicted octanol–water partition coefficient (Wildman–Crippen LogP) is 2.09. The molecule has 0 aliphatic heterocycles. The van der Waals surface area contributed by atoms with Gasteiger partial charge in [0.15, 0.2) is 0 Å². The fraction of sp³-hybridized carbons (Fsp3) is 0.706. The number of hydrogen-bond donors (Lipinski definition) is 2. The van der Waals surface area contributed by atoms with Crippen molar-refractivity contribution in [3.05, 3.63) is 30.1 Å². The van der Waals surface area contributed by atoms with Crippen molar-refractivity contribution in [2.45, 2.75) is 51.6 Å². The minimum absolute atomic E-state index is 0.171. The number of hydrogen-bond acceptors (Lipinski definition) is 4. The van der Waals surface area contributed by atoms with Gasteiger partial charge in [-0.1, -0.05) is 19.9 Å². The molecule has 0 saturated heterocycles. The molecular weight excluding hydrogens is 262 g/mol. The molecule has 120 valence electrons. The largest absolute Gasteiger partial charge is 0.394 e. The summed E-state index contributed by atoms with van der Waals surface area (Å²) in [5.41, 5.74) is 0.974. The van der Waals surface area contributed by atoms with Crippen LogP contribution in [0.1, 0.15) is 39.3 Å². The quantitative estimate of drug-likeness (QED) is 0.693. The Bertz CT molecular complexity index is 383. The molecule has 1 atom stereocenters. The number of rotatable bonds is 10. The molecule has 0 bridgehead atoms. The van der Waals surface area contributed by atoms with Crippen LogP contribution in [0.25, 0.3) is 0 Å². The summed E-state index contributed by atoms with van der Waals surface area (Å²) in [7, 11) is 2.15. The molecule has 2 N–H and O–H groups in total. The molecule has 4 heteroatoms. The summed E-state index contributed by atoms with van der Waals surface area (Å²) in [5.74, 6) is 0. The first-order chi connectivity index (χ1) is 9.95. The molecule has 0 fully saturated rings. The Labute approximate surface area is 129 Å². The van der Waals surface area contributed by atoms with Gasteiger partial charge in [0.25, 0.3) is 0 Å². The summed E-state index contributed by atoms with van der Waals surface area (Å²) in [6.07, 6.45) is 4.89. The van der Waals surface area contributed by atoms with Gasteiger partial charge in [-0.15, -0.1) is 0 Å². The molecule has 0 aliphatic rings. The second-order valence-electron chi connectivity index (χ2n) is 6.50. The van der Waals surface area contributed by atoms with E-state index in [2.05, 4.69) is 49.1 Å². The number of likely N-dealkylation sites (N-methyl/N-ethyl adjacent to an activating group) is 1. The monoisotopic (exact) mass is 293 g/mol. The van der Waals surface area contributed by atoms with E-state index in [4.69, 9.17) is 0 Å². The zero-order chi connectivity index (χ0) is 15.7. The second kappa shape index (κ2) is 9.13. The molecule has 0 aliphatic carbocycles. The number of aromatic nitrogens is 1. The summed E-state index contributed by atoms with van der Waals surface area (Å²) in [6.45, 7) is 8.58. The maximum atomic E-state index is 9.57. The molecule has 1 aromatic heterocycles. The predicted molar refractivity (Wildman–Crippen MR) is 88.4 cm³/mol. The SMILES string of the molecule is CC(C)NC(C)(CO)CCCN(C)CCc1ccccn1. The smallest absolute Gasteiger partial charge is 0.0610 e. The van der Waals surface area contributed by atoms with Crippen LogP contribution < -0.4 is 5.32 Å². The van der Waals surface area contributed by atoms with Crippen LogP contribution in [0.3, 0.4) is 0 Å². The van der Waals surface area contributed by atoms with Gasteiger partial charge < -0.3 is 15.3 Å². The number of aliphatic hydroxyl groups is 1. The molecule has 0 radical (unpaired) electrons. The van der Waals surface area contributed by atoms with Crippen molar-refractivity contribution >= 4 is 0 Å². The number of aliphatic hydroxyl groups excluding tert-OH is 1. The first kappa shape index (κ1) is 18.1. The van der Waals surface area contributed by atoms with Crippen LogP contribution in [0, 0.1) is 0 Å². The zero-order valence-electron chi connectivity index (χ0n) is 14.0. The Morgan fingerprint density at radius 3 is 2.67 bits per heavy atom. The lowest BCUT2D eigenvalue weighted by atomic mass is 9.95. The molecule has 21 heavy (non-hydrogen) atoms. The molecule has 1 unspecified atom stereocenters. The highest BCUT2D eigenvalue weighted by molar-refractivity contribution is 5.03. The van der Waals surface area contributed by atoms with Gasteiger partial charge in [-0.2, -0.15) is 0 Å². The minimum Gasteiger partial charge on any atom is -0.394 e. The highest BCUT2D eigenvalue weighted by atomic mass is 16.3. The highest BCUT2D eigenvalue weighted by Crippen LogP contribution is 2.13. The van der Waals surface area contributed by atoms with Crippen molar-refractivity contribution in [1.29, 1.82) is 0 Å². The lowest BCUT2D eigenvalue weighted by Crippen LogP contribution is -2.49. The van der Waals surface area contributed by atoms with E-state index >= 15 is 0 Å². The topological polar surface area (TPSA) is 48.4 Å². The zero-order valence-corrected chi connectivity index (χ0v) is 14.0. The van der Waals surface area contributed by atoms with Crippen LogP contribution >= 0.6 is 0 Å². The van der Waals surface area contributed by atoms with Gasteiger partial charge in [-0.05, 0) is 45.5 Å². The summed E-state index contributed by atoms with van der Waals surface area (Å²) in [6, 6.07) is 6.45. The number of nitrogens with zero attached hydrogens (tertiary/aromatic N) is 2. The second-order valence-corrected chi connectivity index (χ2v) is 6.50. The van der Waals surface area contributed by atoms with Crippen LogP contribution in [-0.4, -0.2) is 53.3 Å². The molecule has 0 saturated carbocycles. The lowest BCUT2D eigenvalue weighted by molar-refractivity contribution is 0.150. The molecule has 1 aromatic rings. The van der Waals surface area contributed by atoms with Crippen LogP contribution in [0.15, 0.2) is 24.4 Å².